The maximum Gasteiger partial charge on any atom is 0.217 e. The number of rotatable bonds is 2. The average molecular weight is 191 g/mol. The molecule has 0 saturated carbocycles. The number of ether oxygens (including phenoxy) is 1. The lowest BCUT2D eigenvalue weighted by atomic mass is 9.94. The van der Waals surface area contributed by atoms with Gasteiger partial charge < -0.3 is 10.5 Å². The van der Waals surface area contributed by atoms with Crippen molar-refractivity contribution in [3.8, 4) is 5.75 Å². The molecule has 0 spiro atoms. The molecule has 1 aliphatic heterocycles. The van der Waals surface area contributed by atoms with Gasteiger partial charge in [-0.3, -0.25) is 4.79 Å². The van der Waals surface area contributed by atoms with Gasteiger partial charge >= 0.3 is 0 Å². The predicted octanol–water partition coefficient (Wildman–Crippen LogP) is 1.11. The van der Waals surface area contributed by atoms with Crippen LogP contribution in [0, 0.1) is 5.92 Å². The van der Waals surface area contributed by atoms with Crippen molar-refractivity contribution in [1.82, 2.24) is 0 Å². The number of para-hydroxylation sites is 1. The Bertz CT molecular complexity index is 349. The maximum absolute atomic E-state index is 10.7. The highest BCUT2D eigenvalue weighted by molar-refractivity contribution is 5.74. The average Bonchev–Trinajstić information content (AvgIpc) is 2.17. The molecule has 0 saturated heterocycles. The van der Waals surface area contributed by atoms with Crippen LogP contribution in [0.25, 0.3) is 0 Å². The number of fused-ring (bicyclic) bond motifs is 1. The highest BCUT2D eigenvalue weighted by Crippen LogP contribution is 2.27. The Labute approximate surface area is 82.9 Å². The first-order valence-electron chi connectivity index (χ1n) is 4.74. The summed E-state index contributed by atoms with van der Waals surface area (Å²) in [4.78, 5) is 10.7. The van der Waals surface area contributed by atoms with Crippen LogP contribution >= 0.6 is 0 Å². The minimum Gasteiger partial charge on any atom is -0.493 e. The number of benzene rings is 1. The molecule has 74 valence electrons. The van der Waals surface area contributed by atoms with Crippen LogP contribution in [-0.2, 0) is 11.2 Å². The molecule has 0 aliphatic carbocycles. The molecule has 3 nitrogen and oxygen atoms in total. The van der Waals surface area contributed by atoms with Crippen molar-refractivity contribution >= 4 is 5.91 Å². The van der Waals surface area contributed by atoms with E-state index in [1.54, 1.807) is 0 Å². The number of primary amides is 1. The molecular weight excluding hydrogens is 178 g/mol. The lowest BCUT2D eigenvalue weighted by molar-refractivity contribution is -0.119. The van der Waals surface area contributed by atoms with Gasteiger partial charge in [0.1, 0.15) is 5.75 Å². The largest absolute Gasteiger partial charge is 0.493 e. The molecule has 3 heteroatoms. The third kappa shape index (κ3) is 1.87. The molecule has 1 unspecified atom stereocenters. The highest BCUT2D eigenvalue weighted by atomic mass is 16.5. The second-order valence-corrected chi connectivity index (χ2v) is 3.66. The van der Waals surface area contributed by atoms with E-state index in [1.165, 1.54) is 5.56 Å². The topological polar surface area (TPSA) is 52.3 Å². The first kappa shape index (κ1) is 9.06. The Hall–Kier alpha value is -1.51. The molecule has 0 radical (unpaired) electrons. The molecule has 1 heterocycles. The van der Waals surface area contributed by atoms with Gasteiger partial charge in [-0.05, 0) is 18.1 Å². The van der Waals surface area contributed by atoms with Crippen LogP contribution in [0.5, 0.6) is 5.75 Å². The number of hydrogen-bond donors (Lipinski definition) is 1. The lowest BCUT2D eigenvalue weighted by Crippen LogP contribution is -2.26. The first-order chi connectivity index (χ1) is 6.75. The molecule has 0 bridgehead atoms. The normalized spacial score (nSPS) is 19.6. The minimum absolute atomic E-state index is 0.238. The number of amides is 1. The van der Waals surface area contributed by atoms with Gasteiger partial charge in [-0.1, -0.05) is 18.2 Å². The molecule has 1 atom stereocenters. The van der Waals surface area contributed by atoms with E-state index < -0.39 is 0 Å². The molecular formula is C11H13NO2. The fourth-order valence-electron chi connectivity index (χ4n) is 1.81. The molecule has 14 heavy (non-hydrogen) atoms. The summed E-state index contributed by atoms with van der Waals surface area (Å²) in [5.41, 5.74) is 6.32. The van der Waals surface area contributed by atoms with Gasteiger partial charge in [-0.25, -0.2) is 0 Å². The summed E-state index contributed by atoms with van der Waals surface area (Å²) in [6.45, 7) is 0.597. The van der Waals surface area contributed by atoms with E-state index >= 15 is 0 Å². The van der Waals surface area contributed by atoms with Gasteiger partial charge in [0.05, 0.1) is 6.61 Å². The fourth-order valence-corrected chi connectivity index (χ4v) is 1.81. The zero-order valence-electron chi connectivity index (χ0n) is 7.90. The van der Waals surface area contributed by atoms with Gasteiger partial charge in [0.15, 0.2) is 0 Å². The van der Waals surface area contributed by atoms with Crippen LogP contribution in [0.1, 0.15) is 12.0 Å². The van der Waals surface area contributed by atoms with Gasteiger partial charge in [-0.2, -0.15) is 0 Å². The van der Waals surface area contributed by atoms with E-state index in [2.05, 4.69) is 0 Å². The third-order valence-electron chi connectivity index (χ3n) is 2.45. The highest BCUT2D eigenvalue weighted by Gasteiger charge is 2.20. The third-order valence-corrected chi connectivity index (χ3v) is 2.45. The summed E-state index contributed by atoms with van der Waals surface area (Å²) in [6, 6.07) is 7.92. The van der Waals surface area contributed by atoms with Crippen LogP contribution < -0.4 is 10.5 Å². The quantitative estimate of drug-likeness (QED) is 0.761. The lowest BCUT2D eigenvalue weighted by Gasteiger charge is -2.24. The second-order valence-electron chi connectivity index (χ2n) is 3.66. The van der Waals surface area contributed by atoms with E-state index in [0.717, 1.165) is 12.2 Å². The van der Waals surface area contributed by atoms with Crippen LogP contribution in [0.3, 0.4) is 0 Å². The van der Waals surface area contributed by atoms with Crippen LogP contribution in [0.15, 0.2) is 24.3 Å². The van der Waals surface area contributed by atoms with Crippen molar-refractivity contribution in [2.75, 3.05) is 6.61 Å². The number of nitrogens with two attached hydrogens (primary N) is 1. The SMILES string of the molecule is NC(=O)CC1COc2ccccc2C1. The van der Waals surface area contributed by atoms with Gasteiger partial charge in [0, 0.05) is 12.3 Å². The Morgan fingerprint density at radius 2 is 2.29 bits per heavy atom. The fraction of sp³-hybridized carbons (Fsp3) is 0.364. The van der Waals surface area contributed by atoms with Crippen molar-refractivity contribution in [3.63, 3.8) is 0 Å². The van der Waals surface area contributed by atoms with E-state index in [1.807, 2.05) is 24.3 Å². The maximum atomic E-state index is 10.7. The Balaban J connectivity index is 2.09. The molecule has 2 N–H and O–H groups in total. The number of carbonyl (C=O) groups is 1. The van der Waals surface area contributed by atoms with E-state index in [4.69, 9.17) is 10.5 Å². The zero-order valence-corrected chi connectivity index (χ0v) is 7.90. The van der Waals surface area contributed by atoms with Crippen molar-refractivity contribution in [3.05, 3.63) is 29.8 Å². The Morgan fingerprint density at radius 3 is 3.07 bits per heavy atom. The van der Waals surface area contributed by atoms with Gasteiger partial charge in [0.2, 0.25) is 5.91 Å². The summed E-state index contributed by atoms with van der Waals surface area (Å²) in [6.07, 6.45) is 1.30. The van der Waals surface area contributed by atoms with Gasteiger partial charge in [0.25, 0.3) is 0 Å². The minimum atomic E-state index is -0.252. The van der Waals surface area contributed by atoms with E-state index in [0.29, 0.717) is 13.0 Å². The first-order valence-corrected chi connectivity index (χ1v) is 4.74. The summed E-state index contributed by atoms with van der Waals surface area (Å²) >= 11 is 0. The summed E-state index contributed by atoms with van der Waals surface area (Å²) < 4.78 is 5.53. The summed E-state index contributed by atoms with van der Waals surface area (Å²) in [7, 11) is 0. The Kier molecular flexibility index (Phi) is 2.39. The van der Waals surface area contributed by atoms with Crippen LogP contribution in [-0.4, -0.2) is 12.5 Å². The standard InChI is InChI=1S/C11H13NO2/c12-11(13)6-8-5-9-3-1-2-4-10(9)14-7-8/h1-4,8H,5-7H2,(H2,12,13). The smallest absolute Gasteiger partial charge is 0.217 e. The van der Waals surface area contributed by atoms with Crippen LogP contribution in [0.2, 0.25) is 0 Å². The zero-order chi connectivity index (χ0) is 9.97. The van der Waals surface area contributed by atoms with Crippen molar-refractivity contribution in [2.24, 2.45) is 11.7 Å². The van der Waals surface area contributed by atoms with E-state index in [9.17, 15) is 4.79 Å². The van der Waals surface area contributed by atoms with Gasteiger partial charge in [-0.15, -0.1) is 0 Å². The van der Waals surface area contributed by atoms with Crippen molar-refractivity contribution in [1.29, 1.82) is 0 Å². The Morgan fingerprint density at radius 1 is 1.50 bits per heavy atom. The summed E-state index contributed by atoms with van der Waals surface area (Å²) in [5, 5.41) is 0. The molecule has 1 aromatic carbocycles. The van der Waals surface area contributed by atoms with Crippen LogP contribution in [0.4, 0.5) is 0 Å². The number of carbonyl (C=O) groups excluding carboxylic acids is 1. The van der Waals surface area contributed by atoms with Crippen molar-refractivity contribution in [2.45, 2.75) is 12.8 Å². The second kappa shape index (κ2) is 3.70. The molecule has 0 aromatic heterocycles. The molecule has 1 aliphatic rings. The monoisotopic (exact) mass is 191 g/mol. The van der Waals surface area contributed by atoms with Crippen molar-refractivity contribution < 1.29 is 9.53 Å². The molecule has 2 rings (SSSR count). The predicted molar refractivity (Wildman–Crippen MR) is 52.9 cm³/mol. The molecule has 1 amide bonds. The number of hydrogen-bond acceptors (Lipinski definition) is 2. The molecule has 1 aromatic rings. The molecule has 0 fully saturated rings. The summed E-state index contributed by atoms with van der Waals surface area (Å²) in [5.74, 6) is 0.925. The van der Waals surface area contributed by atoms with E-state index in [-0.39, 0.29) is 11.8 Å².